The molecular weight excluding hydrogens is 345 g/mol. The molecule has 2 aromatic carbocycles. The fraction of sp³-hybridized carbons (Fsp3) is 0.364. The fourth-order valence-corrected chi connectivity index (χ4v) is 2.97. The number of halogens is 1. The van der Waals surface area contributed by atoms with E-state index in [-0.39, 0.29) is 5.82 Å². The average Bonchev–Trinajstić information content (AvgIpc) is 2.68. The van der Waals surface area contributed by atoms with Gasteiger partial charge in [0.05, 0.1) is 20.3 Å². The van der Waals surface area contributed by atoms with E-state index >= 15 is 0 Å². The van der Waals surface area contributed by atoms with Gasteiger partial charge in [-0.15, -0.1) is 6.58 Å². The second kappa shape index (κ2) is 10.7. The Morgan fingerprint density at radius 1 is 1.04 bits per heavy atom. The van der Waals surface area contributed by atoms with Crippen LogP contribution in [0.2, 0.25) is 0 Å². The molecule has 146 valence electrons. The highest BCUT2D eigenvalue weighted by Gasteiger charge is 2.14. The number of aliphatic hydroxyl groups excluding tert-OH is 1. The largest absolute Gasteiger partial charge is 0.493 e. The van der Waals surface area contributed by atoms with Crippen LogP contribution in [0.1, 0.15) is 24.0 Å². The van der Waals surface area contributed by atoms with Crippen molar-refractivity contribution < 1.29 is 19.0 Å². The molecule has 4 nitrogen and oxygen atoms in total. The zero-order valence-corrected chi connectivity index (χ0v) is 16.0. The summed E-state index contributed by atoms with van der Waals surface area (Å²) in [6.07, 6.45) is 2.78. The molecule has 0 amide bonds. The van der Waals surface area contributed by atoms with Crippen molar-refractivity contribution in [2.75, 3.05) is 20.8 Å². The van der Waals surface area contributed by atoms with E-state index in [9.17, 15) is 9.50 Å². The Kier molecular flexibility index (Phi) is 8.30. The number of rotatable bonds is 11. The Morgan fingerprint density at radius 3 is 2.30 bits per heavy atom. The zero-order valence-electron chi connectivity index (χ0n) is 16.0. The molecule has 0 spiro atoms. The summed E-state index contributed by atoms with van der Waals surface area (Å²) in [6, 6.07) is 12.2. The van der Waals surface area contributed by atoms with Gasteiger partial charge in [-0.25, -0.2) is 4.39 Å². The maximum absolute atomic E-state index is 13.2. The summed E-state index contributed by atoms with van der Waals surface area (Å²) in [5.41, 5.74) is 2.04. The first-order chi connectivity index (χ1) is 13.0. The maximum atomic E-state index is 13.2. The minimum absolute atomic E-state index is 0.254. The molecule has 0 bridgehead atoms. The van der Waals surface area contributed by atoms with Crippen molar-refractivity contribution in [3.8, 4) is 11.5 Å². The molecule has 5 heteroatoms. The number of hydrogen-bond donors (Lipinski definition) is 1. The van der Waals surface area contributed by atoms with Gasteiger partial charge in [0.2, 0.25) is 0 Å². The molecule has 0 saturated carbocycles. The van der Waals surface area contributed by atoms with Crippen LogP contribution in [0.15, 0.2) is 55.1 Å². The summed E-state index contributed by atoms with van der Waals surface area (Å²) in [4.78, 5) is 2.14. The lowest BCUT2D eigenvalue weighted by Crippen LogP contribution is -2.31. The second-order valence-electron chi connectivity index (χ2n) is 6.51. The van der Waals surface area contributed by atoms with E-state index in [4.69, 9.17) is 9.47 Å². The van der Waals surface area contributed by atoms with Gasteiger partial charge in [0.15, 0.2) is 11.5 Å². The summed E-state index contributed by atoms with van der Waals surface area (Å²) < 4.78 is 23.9. The quantitative estimate of drug-likeness (QED) is 0.600. The standard InChI is InChI=1S/C22H28FNO3/c1-4-5-6-20(25)16-24(14-17-7-10-19(23)11-8-17)15-18-9-12-21(26-2)22(13-18)27-3/h4,7-13,20,25H,1,5-6,14-16H2,2-3H3/t20-/m1/s1. The van der Waals surface area contributed by atoms with Gasteiger partial charge in [-0.1, -0.05) is 24.3 Å². The predicted molar refractivity (Wildman–Crippen MR) is 105 cm³/mol. The van der Waals surface area contributed by atoms with Crippen LogP contribution in [0.4, 0.5) is 4.39 Å². The molecule has 1 atom stereocenters. The molecule has 2 rings (SSSR count). The number of hydrogen-bond acceptors (Lipinski definition) is 4. The summed E-state index contributed by atoms with van der Waals surface area (Å²) in [5, 5.41) is 10.3. The maximum Gasteiger partial charge on any atom is 0.161 e. The molecule has 0 unspecified atom stereocenters. The van der Waals surface area contributed by atoms with Gasteiger partial charge in [0, 0.05) is 19.6 Å². The van der Waals surface area contributed by atoms with E-state index in [1.54, 1.807) is 26.4 Å². The molecule has 1 N–H and O–H groups in total. The first kappa shape index (κ1) is 20.9. The van der Waals surface area contributed by atoms with Crippen LogP contribution in [0.25, 0.3) is 0 Å². The smallest absolute Gasteiger partial charge is 0.161 e. The van der Waals surface area contributed by atoms with Crippen LogP contribution < -0.4 is 9.47 Å². The summed E-state index contributed by atoms with van der Waals surface area (Å²) in [7, 11) is 3.21. The molecule has 27 heavy (non-hydrogen) atoms. The molecule has 0 radical (unpaired) electrons. The number of benzene rings is 2. The van der Waals surface area contributed by atoms with Gasteiger partial charge >= 0.3 is 0 Å². The molecule has 0 fully saturated rings. The summed E-state index contributed by atoms with van der Waals surface area (Å²) >= 11 is 0. The van der Waals surface area contributed by atoms with Gasteiger partial charge in [0.1, 0.15) is 5.82 Å². The third-order valence-electron chi connectivity index (χ3n) is 4.35. The topological polar surface area (TPSA) is 41.9 Å². The Labute approximate surface area is 160 Å². The van der Waals surface area contributed by atoms with Crippen LogP contribution >= 0.6 is 0 Å². The van der Waals surface area contributed by atoms with Gasteiger partial charge < -0.3 is 14.6 Å². The molecular formula is C22H28FNO3. The second-order valence-corrected chi connectivity index (χ2v) is 6.51. The lowest BCUT2D eigenvalue weighted by Gasteiger charge is -2.25. The van der Waals surface area contributed by atoms with E-state index in [2.05, 4.69) is 11.5 Å². The third-order valence-corrected chi connectivity index (χ3v) is 4.35. The number of aliphatic hydroxyl groups is 1. The van der Waals surface area contributed by atoms with Crippen LogP contribution in [0.5, 0.6) is 11.5 Å². The average molecular weight is 373 g/mol. The molecule has 0 aliphatic rings. The van der Waals surface area contributed by atoms with Gasteiger partial charge in [-0.3, -0.25) is 4.90 Å². The number of ether oxygens (including phenoxy) is 2. The predicted octanol–water partition coefficient (Wildman–Crippen LogP) is 4.17. The van der Waals surface area contributed by atoms with E-state index in [1.807, 2.05) is 24.3 Å². The molecule has 0 aliphatic carbocycles. The summed E-state index contributed by atoms with van der Waals surface area (Å²) in [5.74, 6) is 1.09. The minimum atomic E-state index is -0.455. The van der Waals surface area contributed by atoms with Crippen molar-refractivity contribution in [2.45, 2.75) is 32.0 Å². The van der Waals surface area contributed by atoms with Crippen molar-refractivity contribution in [2.24, 2.45) is 0 Å². The van der Waals surface area contributed by atoms with E-state index in [0.29, 0.717) is 37.6 Å². The molecule has 2 aromatic rings. The van der Waals surface area contributed by atoms with Crippen LogP contribution in [0.3, 0.4) is 0 Å². The van der Waals surface area contributed by atoms with Gasteiger partial charge in [-0.05, 0) is 48.2 Å². The molecule has 0 saturated heterocycles. The van der Waals surface area contributed by atoms with Gasteiger partial charge in [0.25, 0.3) is 0 Å². The van der Waals surface area contributed by atoms with Crippen LogP contribution in [-0.2, 0) is 13.1 Å². The van der Waals surface area contributed by atoms with Crippen molar-refractivity contribution in [1.82, 2.24) is 4.90 Å². The SMILES string of the molecule is C=CCC[C@@H](O)CN(Cc1ccc(F)cc1)Cc1ccc(OC)c(OC)c1. The fourth-order valence-electron chi connectivity index (χ4n) is 2.97. The third kappa shape index (κ3) is 6.70. The number of methoxy groups -OCH3 is 2. The lowest BCUT2D eigenvalue weighted by molar-refractivity contribution is 0.0983. The van der Waals surface area contributed by atoms with Crippen molar-refractivity contribution in [3.63, 3.8) is 0 Å². The van der Waals surface area contributed by atoms with Crippen molar-refractivity contribution in [1.29, 1.82) is 0 Å². The first-order valence-electron chi connectivity index (χ1n) is 9.02. The highest BCUT2D eigenvalue weighted by Crippen LogP contribution is 2.28. The Hall–Kier alpha value is -2.37. The highest BCUT2D eigenvalue weighted by molar-refractivity contribution is 5.42. The summed E-state index contributed by atoms with van der Waals surface area (Å²) in [6.45, 7) is 5.46. The normalized spacial score (nSPS) is 12.0. The Balaban J connectivity index is 2.15. The van der Waals surface area contributed by atoms with Gasteiger partial charge in [-0.2, -0.15) is 0 Å². The Morgan fingerprint density at radius 2 is 1.67 bits per heavy atom. The molecule has 0 heterocycles. The van der Waals surface area contributed by atoms with E-state index in [1.165, 1.54) is 12.1 Å². The van der Waals surface area contributed by atoms with E-state index < -0.39 is 6.10 Å². The van der Waals surface area contributed by atoms with Crippen molar-refractivity contribution >= 4 is 0 Å². The lowest BCUT2D eigenvalue weighted by atomic mass is 10.1. The van der Waals surface area contributed by atoms with Crippen LogP contribution in [0, 0.1) is 5.82 Å². The van der Waals surface area contributed by atoms with Crippen LogP contribution in [-0.4, -0.2) is 36.9 Å². The zero-order chi connectivity index (χ0) is 19.6. The van der Waals surface area contributed by atoms with Crippen molar-refractivity contribution in [3.05, 3.63) is 72.1 Å². The molecule has 0 aliphatic heterocycles. The molecule has 0 aromatic heterocycles. The number of allylic oxidation sites excluding steroid dienone is 1. The minimum Gasteiger partial charge on any atom is -0.493 e. The number of nitrogens with zero attached hydrogens (tertiary/aromatic N) is 1. The first-order valence-corrected chi connectivity index (χ1v) is 9.02. The monoisotopic (exact) mass is 373 g/mol. The highest BCUT2D eigenvalue weighted by atomic mass is 19.1. The Bertz CT molecular complexity index is 718. The van der Waals surface area contributed by atoms with E-state index in [0.717, 1.165) is 17.5 Å².